The van der Waals surface area contributed by atoms with Crippen LogP contribution in [0.15, 0.2) is 36.4 Å². The van der Waals surface area contributed by atoms with Crippen LogP contribution < -0.4 is 20.9 Å². The molecule has 6 nitrogen and oxygen atoms in total. The van der Waals surface area contributed by atoms with Gasteiger partial charge in [-0.2, -0.15) is 0 Å². The second kappa shape index (κ2) is 10.2. The van der Waals surface area contributed by atoms with E-state index in [0.717, 1.165) is 63.3 Å². The van der Waals surface area contributed by atoms with Crippen molar-refractivity contribution in [2.45, 2.75) is 6.92 Å². The van der Waals surface area contributed by atoms with Crippen molar-refractivity contribution in [2.75, 3.05) is 57.3 Å². The molecule has 2 fully saturated rings. The fraction of sp³-hybridized carbons (Fsp3) is 0.450. The fourth-order valence-electron chi connectivity index (χ4n) is 3.18. The van der Waals surface area contributed by atoms with Crippen LogP contribution in [0.4, 0.5) is 5.69 Å². The zero-order chi connectivity index (χ0) is 17.5. The maximum Gasteiger partial charge on any atom is 0.159 e. The van der Waals surface area contributed by atoms with Gasteiger partial charge in [-0.25, -0.2) is 0 Å². The lowest BCUT2D eigenvalue weighted by Crippen LogP contribution is -2.43. The summed E-state index contributed by atoms with van der Waals surface area (Å²) in [5.74, 6) is 0.119. The molecule has 5 N–H and O–H groups in total. The Bertz CT molecular complexity index is 699. The van der Waals surface area contributed by atoms with Crippen LogP contribution in [-0.2, 0) is 0 Å². The molecular formula is C20H30N4O2. The molecule has 2 aliphatic heterocycles. The van der Waals surface area contributed by atoms with Crippen LogP contribution in [0.3, 0.4) is 0 Å². The van der Waals surface area contributed by atoms with E-state index in [1.165, 1.54) is 11.1 Å². The number of hydrogen-bond donors (Lipinski definition) is 3. The number of piperazine rings is 2. The molecule has 2 aromatic carbocycles. The summed E-state index contributed by atoms with van der Waals surface area (Å²) in [5.41, 5.74) is 2.05. The first-order valence-corrected chi connectivity index (χ1v) is 9.16. The summed E-state index contributed by atoms with van der Waals surface area (Å²) >= 11 is 0. The maximum atomic E-state index is 11.4. The highest BCUT2D eigenvalue weighted by atomic mass is 16.1. The number of nitrogens with one attached hydrogen (secondary N) is 3. The predicted octanol–water partition coefficient (Wildman–Crippen LogP) is 0.807. The molecule has 2 saturated heterocycles. The van der Waals surface area contributed by atoms with Crippen LogP contribution in [0.1, 0.15) is 17.3 Å². The van der Waals surface area contributed by atoms with Gasteiger partial charge in [0.2, 0.25) is 0 Å². The first-order valence-electron chi connectivity index (χ1n) is 9.16. The van der Waals surface area contributed by atoms with Crippen molar-refractivity contribution in [1.82, 2.24) is 16.0 Å². The van der Waals surface area contributed by atoms with E-state index < -0.39 is 0 Å². The summed E-state index contributed by atoms with van der Waals surface area (Å²) < 4.78 is 0. The van der Waals surface area contributed by atoms with E-state index in [-0.39, 0.29) is 11.3 Å². The van der Waals surface area contributed by atoms with Crippen molar-refractivity contribution in [3.8, 4) is 0 Å². The van der Waals surface area contributed by atoms with Gasteiger partial charge < -0.3 is 26.3 Å². The van der Waals surface area contributed by atoms with Gasteiger partial charge in [-0.15, -0.1) is 0 Å². The molecule has 0 atom stereocenters. The van der Waals surface area contributed by atoms with Gasteiger partial charge in [0, 0.05) is 63.6 Å². The molecule has 6 heteroatoms. The van der Waals surface area contributed by atoms with Gasteiger partial charge in [0.25, 0.3) is 0 Å². The molecule has 0 unspecified atom stereocenters. The Morgan fingerprint density at radius 2 is 1.35 bits per heavy atom. The lowest BCUT2D eigenvalue weighted by Gasteiger charge is -2.29. The van der Waals surface area contributed by atoms with Gasteiger partial charge in [-0.1, -0.05) is 18.2 Å². The van der Waals surface area contributed by atoms with Crippen LogP contribution in [0.25, 0.3) is 10.8 Å². The van der Waals surface area contributed by atoms with Crippen LogP contribution in [0.2, 0.25) is 0 Å². The first-order chi connectivity index (χ1) is 12.2. The summed E-state index contributed by atoms with van der Waals surface area (Å²) in [4.78, 5) is 13.8. The highest BCUT2D eigenvalue weighted by Gasteiger charge is 2.10. The fourth-order valence-corrected chi connectivity index (χ4v) is 3.18. The third kappa shape index (κ3) is 5.51. The highest BCUT2D eigenvalue weighted by molar-refractivity contribution is 5.99. The van der Waals surface area contributed by atoms with Crippen molar-refractivity contribution >= 4 is 22.2 Å². The number of carbonyl (C=O) groups is 1. The zero-order valence-electron chi connectivity index (χ0n) is 15.5. The summed E-state index contributed by atoms with van der Waals surface area (Å²) in [5, 5.41) is 12.1. The monoisotopic (exact) mass is 358 g/mol. The number of carbonyl (C=O) groups excluding carboxylic acids is 1. The third-order valence-electron chi connectivity index (χ3n) is 4.67. The maximum absolute atomic E-state index is 11.4. The quantitative estimate of drug-likeness (QED) is 0.692. The van der Waals surface area contributed by atoms with Crippen LogP contribution in [0.5, 0.6) is 0 Å². The van der Waals surface area contributed by atoms with Gasteiger partial charge in [0.15, 0.2) is 5.78 Å². The molecule has 0 saturated carbocycles. The summed E-state index contributed by atoms with van der Waals surface area (Å²) in [6.45, 7) is 10.4. The Labute approximate surface area is 155 Å². The summed E-state index contributed by atoms with van der Waals surface area (Å²) in [6, 6.07) is 12.4. The van der Waals surface area contributed by atoms with E-state index >= 15 is 0 Å². The number of hydrogen-bond acceptors (Lipinski definition) is 5. The molecule has 2 heterocycles. The average Bonchev–Trinajstić information content (AvgIpc) is 2.69. The predicted molar refractivity (Wildman–Crippen MR) is 108 cm³/mol. The minimum Gasteiger partial charge on any atom is -0.412 e. The first kappa shape index (κ1) is 20.3. The van der Waals surface area contributed by atoms with Gasteiger partial charge in [0.1, 0.15) is 0 Å². The third-order valence-corrected chi connectivity index (χ3v) is 4.67. The smallest absolute Gasteiger partial charge is 0.159 e. The molecule has 2 aromatic rings. The Hall–Kier alpha value is -1.99. The van der Waals surface area contributed by atoms with Crippen molar-refractivity contribution in [1.29, 1.82) is 0 Å². The molecule has 0 aliphatic carbocycles. The molecule has 0 spiro atoms. The zero-order valence-corrected chi connectivity index (χ0v) is 15.5. The molecule has 142 valence electrons. The lowest BCUT2D eigenvalue weighted by molar-refractivity contribution is 0.101. The Morgan fingerprint density at radius 3 is 1.92 bits per heavy atom. The van der Waals surface area contributed by atoms with Crippen molar-refractivity contribution < 1.29 is 10.3 Å². The standard InChI is InChI=1S/C16H18N2O.C4H10N2.H2O/c1-12(19)13-2-3-15-11-16(5-4-14(15)10-13)18-8-6-17-7-9-18;1-2-6-4-3-5-1;/h2-5,10-11,17H,6-9H2,1H3;5-6H,1-4H2;1H2. The van der Waals surface area contributed by atoms with Crippen molar-refractivity contribution in [3.63, 3.8) is 0 Å². The molecule has 0 radical (unpaired) electrons. The van der Waals surface area contributed by atoms with Gasteiger partial charge >= 0.3 is 0 Å². The Kier molecular flexibility index (Phi) is 8.00. The normalized spacial score (nSPS) is 17.0. The Morgan fingerprint density at radius 1 is 0.808 bits per heavy atom. The molecule has 4 rings (SSSR count). The largest absolute Gasteiger partial charge is 0.412 e. The number of fused-ring (bicyclic) bond motifs is 1. The minimum absolute atomic E-state index is 0. The molecule has 26 heavy (non-hydrogen) atoms. The molecule has 0 bridgehead atoms. The second-order valence-electron chi connectivity index (χ2n) is 6.54. The number of benzene rings is 2. The number of ketones is 1. The van der Waals surface area contributed by atoms with Crippen LogP contribution in [-0.4, -0.2) is 63.6 Å². The number of Topliss-reactive ketones (excluding diaryl/α,β-unsaturated/α-hetero) is 1. The average molecular weight is 358 g/mol. The van der Waals surface area contributed by atoms with Crippen molar-refractivity contribution in [3.05, 3.63) is 42.0 Å². The van der Waals surface area contributed by atoms with Gasteiger partial charge in [0.05, 0.1) is 0 Å². The number of rotatable bonds is 2. The highest BCUT2D eigenvalue weighted by Crippen LogP contribution is 2.23. The van der Waals surface area contributed by atoms with Gasteiger partial charge in [-0.05, 0) is 35.9 Å². The molecule has 0 amide bonds. The lowest BCUT2D eigenvalue weighted by atomic mass is 10.0. The second-order valence-corrected chi connectivity index (χ2v) is 6.54. The molecule has 0 aromatic heterocycles. The Balaban J connectivity index is 0.000000297. The molecule has 2 aliphatic rings. The van der Waals surface area contributed by atoms with E-state index in [9.17, 15) is 4.79 Å². The number of anilines is 1. The van der Waals surface area contributed by atoms with Crippen LogP contribution >= 0.6 is 0 Å². The van der Waals surface area contributed by atoms with E-state index in [0.29, 0.717) is 0 Å². The number of nitrogens with zero attached hydrogens (tertiary/aromatic N) is 1. The van der Waals surface area contributed by atoms with E-state index in [2.05, 4.69) is 39.0 Å². The van der Waals surface area contributed by atoms with Crippen LogP contribution in [0, 0.1) is 0 Å². The SMILES string of the molecule is C1CNCCN1.CC(=O)c1ccc2cc(N3CCNCC3)ccc2c1.O. The topological polar surface area (TPSA) is 87.9 Å². The summed E-state index contributed by atoms with van der Waals surface area (Å²) in [6.07, 6.45) is 0. The van der Waals surface area contributed by atoms with Crippen molar-refractivity contribution in [2.24, 2.45) is 0 Å². The van der Waals surface area contributed by atoms with E-state index in [1.807, 2.05) is 18.2 Å². The van der Waals surface area contributed by atoms with E-state index in [4.69, 9.17) is 0 Å². The summed E-state index contributed by atoms with van der Waals surface area (Å²) in [7, 11) is 0. The van der Waals surface area contributed by atoms with Gasteiger partial charge in [-0.3, -0.25) is 4.79 Å². The van der Waals surface area contributed by atoms with E-state index in [1.54, 1.807) is 6.92 Å². The minimum atomic E-state index is 0. The molecular weight excluding hydrogens is 328 g/mol.